The van der Waals surface area contributed by atoms with E-state index < -0.39 is 0 Å². The molecule has 0 spiro atoms. The van der Waals surface area contributed by atoms with Gasteiger partial charge in [-0.05, 0) is 70.6 Å². The number of allylic oxidation sites excluding steroid dienone is 1. The standard InChI is InChI=1S/C26H34OS/c1-19(17-20-7-10-22(11-8-20)28-16-15-27-6)21-9-12-23-24(18-21)26(4,5)14-13-25(23,2)3/h7-12,17-18H,13-16H2,1-6H3. The van der Waals surface area contributed by atoms with Crippen molar-refractivity contribution in [1.82, 2.24) is 0 Å². The van der Waals surface area contributed by atoms with E-state index in [-0.39, 0.29) is 10.8 Å². The van der Waals surface area contributed by atoms with Gasteiger partial charge in [-0.15, -0.1) is 11.8 Å². The van der Waals surface area contributed by atoms with Crippen LogP contribution in [0.3, 0.4) is 0 Å². The minimum atomic E-state index is 0.252. The van der Waals surface area contributed by atoms with E-state index in [9.17, 15) is 0 Å². The van der Waals surface area contributed by atoms with E-state index in [2.05, 4.69) is 83.2 Å². The van der Waals surface area contributed by atoms with E-state index >= 15 is 0 Å². The van der Waals surface area contributed by atoms with E-state index in [4.69, 9.17) is 4.74 Å². The molecule has 1 aliphatic carbocycles. The maximum absolute atomic E-state index is 5.13. The third-order valence-electron chi connectivity index (χ3n) is 6.13. The summed E-state index contributed by atoms with van der Waals surface area (Å²) in [7, 11) is 1.75. The molecule has 0 atom stereocenters. The van der Waals surface area contributed by atoms with Crippen LogP contribution in [0.1, 0.15) is 69.7 Å². The average Bonchev–Trinajstić information content (AvgIpc) is 2.67. The Bertz CT molecular complexity index is 843. The minimum Gasteiger partial charge on any atom is -0.384 e. The Hall–Kier alpha value is -1.51. The quantitative estimate of drug-likeness (QED) is 0.288. The Labute approximate surface area is 175 Å². The molecule has 2 aromatic carbocycles. The van der Waals surface area contributed by atoms with Crippen LogP contribution >= 0.6 is 11.8 Å². The van der Waals surface area contributed by atoms with Gasteiger partial charge in [-0.25, -0.2) is 0 Å². The fraction of sp³-hybridized carbons (Fsp3) is 0.462. The Morgan fingerprint density at radius 3 is 2.25 bits per heavy atom. The van der Waals surface area contributed by atoms with Crippen molar-refractivity contribution in [2.24, 2.45) is 0 Å². The first-order valence-corrected chi connectivity index (χ1v) is 11.3. The highest BCUT2D eigenvalue weighted by Crippen LogP contribution is 2.46. The molecule has 0 heterocycles. The smallest absolute Gasteiger partial charge is 0.0556 e. The number of fused-ring (bicyclic) bond motifs is 1. The first-order valence-electron chi connectivity index (χ1n) is 10.3. The van der Waals surface area contributed by atoms with Crippen LogP contribution in [0.15, 0.2) is 47.4 Å². The number of methoxy groups -OCH3 is 1. The lowest BCUT2D eigenvalue weighted by Gasteiger charge is -2.42. The Morgan fingerprint density at radius 1 is 0.964 bits per heavy atom. The monoisotopic (exact) mass is 394 g/mol. The fourth-order valence-electron chi connectivity index (χ4n) is 4.07. The van der Waals surface area contributed by atoms with Gasteiger partial charge < -0.3 is 4.74 Å². The second kappa shape index (κ2) is 8.47. The fourth-order valence-corrected chi connectivity index (χ4v) is 4.88. The lowest BCUT2D eigenvalue weighted by Crippen LogP contribution is -2.33. The van der Waals surface area contributed by atoms with Gasteiger partial charge in [-0.1, -0.05) is 64.1 Å². The predicted molar refractivity (Wildman–Crippen MR) is 124 cm³/mol. The zero-order valence-electron chi connectivity index (χ0n) is 18.3. The first kappa shape index (κ1) is 21.2. The Morgan fingerprint density at radius 2 is 1.61 bits per heavy atom. The molecular formula is C26H34OS. The summed E-state index contributed by atoms with van der Waals surface area (Å²) < 4.78 is 5.13. The van der Waals surface area contributed by atoms with Crippen molar-refractivity contribution in [2.75, 3.05) is 19.5 Å². The highest BCUT2D eigenvalue weighted by atomic mass is 32.2. The van der Waals surface area contributed by atoms with Crippen molar-refractivity contribution >= 4 is 23.4 Å². The molecule has 0 saturated heterocycles. The van der Waals surface area contributed by atoms with Crippen molar-refractivity contribution in [2.45, 2.75) is 63.2 Å². The molecule has 2 heteroatoms. The number of thioether (sulfide) groups is 1. The van der Waals surface area contributed by atoms with E-state index in [1.54, 1.807) is 7.11 Å². The SMILES string of the molecule is COCCSc1ccc(C=C(C)c2ccc3c(c2)C(C)(C)CCC3(C)C)cc1. The molecule has 0 bridgehead atoms. The summed E-state index contributed by atoms with van der Waals surface area (Å²) in [4.78, 5) is 1.30. The topological polar surface area (TPSA) is 9.23 Å². The van der Waals surface area contributed by atoms with Crippen LogP contribution in [0.5, 0.6) is 0 Å². The van der Waals surface area contributed by atoms with Crippen LogP contribution in [0.2, 0.25) is 0 Å². The Balaban J connectivity index is 1.84. The van der Waals surface area contributed by atoms with Gasteiger partial charge in [0, 0.05) is 17.8 Å². The lowest BCUT2D eigenvalue weighted by atomic mass is 9.63. The number of hydrogen-bond acceptors (Lipinski definition) is 2. The third kappa shape index (κ3) is 4.72. The van der Waals surface area contributed by atoms with E-state index in [1.807, 2.05) is 11.8 Å². The van der Waals surface area contributed by atoms with Gasteiger partial charge >= 0.3 is 0 Å². The summed E-state index contributed by atoms with van der Waals surface area (Å²) in [6.07, 6.45) is 4.81. The Kier molecular flexibility index (Phi) is 6.41. The lowest BCUT2D eigenvalue weighted by molar-refractivity contribution is 0.218. The van der Waals surface area contributed by atoms with Crippen LogP contribution < -0.4 is 0 Å². The molecule has 0 fully saturated rings. The van der Waals surface area contributed by atoms with Crippen molar-refractivity contribution in [3.8, 4) is 0 Å². The van der Waals surface area contributed by atoms with Gasteiger partial charge in [0.15, 0.2) is 0 Å². The molecule has 3 rings (SSSR count). The highest BCUT2D eigenvalue weighted by molar-refractivity contribution is 7.99. The van der Waals surface area contributed by atoms with Gasteiger partial charge in [0.2, 0.25) is 0 Å². The molecule has 0 unspecified atom stereocenters. The van der Waals surface area contributed by atoms with Crippen LogP contribution in [0.4, 0.5) is 0 Å². The highest BCUT2D eigenvalue weighted by Gasteiger charge is 2.36. The zero-order chi connectivity index (χ0) is 20.4. The third-order valence-corrected chi connectivity index (χ3v) is 7.10. The normalized spacial score (nSPS) is 18.0. The van der Waals surface area contributed by atoms with Crippen LogP contribution in [-0.4, -0.2) is 19.5 Å². The molecule has 1 aliphatic rings. The van der Waals surface area contributed by atoms with Gasteiger partial charge in [-0.2, -0.15) is 0 Å². The van der Waals surface area contributed by atoms with Crippen molar-refractivity contribution < 1.29 is 4.74 Å². The molecule has 2 aromatic rings. The van der Waals surface area contributed by atoms with E-state index in [0.717, 1.165) is 12.4 Å². The average molecular weight is 395 g/mol. The minimum absolute atomic E-state index is 0.252. The largest absolute Gasteiger partial charge is 0.384 e. The number of hydrogen-bond donors (Lipinski definition) is 0. The molecule has 0 N–H and O–H groups in total. The van der Waals surface area contributed by atoms with Crippen molar-refractivity contribution in [3.05, 3.63) is 64.7 Å². The molecule has 150 valence electrons. The molecule has 28 heavy (non-hydrogen) atoms. The maximum atomic E-state index is 5.13. The summed E-state index contributed by atoms with van der Waals surface area (Å²) in [6.45, 7) is 12.6. The molecule has 0 amide bonds. The van der Waals surface area contributed by atoms with Crippen LogP contribution in [0, 0.1) is 0 Å². The zero-order valence-corrected chi connectivity index (χ0v) is 19.1. The maximum Gasteiger partial charge on any atom is 0.0556 e. The summed E-state index contributed by atoms with van der Waals surface area (Å²) in [5.74, 6) is 0.992. The summed E-state index contributed by atoms with van der Waals surface area (Å²) >= 11 is 1.84. The van der Waals surface area contributed by atoms with Crippen molar-refractivity contribution in [3.63, 3.8) is 0 Å². The van der Waals surface area contributed by atoms with Crippen LogP contribution in [-0.2, 0) is 15.6 Å². The second-order valence-electron chi connectivity index (χ2n) is 9.27. The van der Waals surface area contributed by atoms with Gasteiger partial charge in [0.1, 0.15) is 0 Å². The molecule has 0 saturated carbocycles. The van der Waals surface area contributed by atoms with E-state index in [0.29, 0.717) is 0 Å². The molecular weight excluding hydrogens is 360 g/mol. The molecule has 0 aliphatic heterocycles. The number of ether oxygens (including phenoxy) is 1. The molecule has 0 aromatic heterocycles. The molecule has 0 radical (unpaired) electrons. The summed E-state index contributed by atoms with van der Waals surface area (Å²) in [5, 5.41) is 0. The molecule has 1 nitrogen and oxygen atoms in total. The van der Waals surface area contributed by atoms with Gasteiger partial charge in [0.25, 0.3) is 0 Å². The summed E-state index contributed by atoms with van der Waals surface area (Å²) in [5.41, 5.74) is 7.49. The van der Waals surface area contributed by atoms with Gasteiger partial charge in [-0.3, -0.25) is 0 Å². The summed E-state index contributed by atoms with van der Waals surface area (Å²) in [6, 6.07) is 16.0. The number of benzene rings is 2. The number of rotatable bonds is 6. The van der Waals surface area contributed by atoms with Crippen molar-refractivity contribution in [1.29, 1.82) is 0 Å². The first-order chi connectivity index (χ1) is 13.2. The second-order valence-corrected chi connectivity index (χ2v) is 10.4. The van der Waals surface area contributed by atoms with E-state index in [1.165, 1.54) is 45.6 Å². The predicted octanol–water partition coefficient (Wildman–Crippen LogP) is 7.33. The van der Waals surface area contributed by atoms with Crippen LogP contribution in [0.25, 0.3) is 11.6 Å². The van der Waals surface area contributed by atoms with Gasteiger partial charge in [0.05, 0.1) is 6.61 Å².